The number of piperidine rings is 1. The third kappa shape index (κ3) is 3.41. The van der Waals surface area contributed by atoms with Gasteiger partial charge >= 0.3 is 5.97 Å². The molecule has 0 spiro atoms. The lowest BCUT2D eigenvalue weighted by atomic mass is 9.95. The second kappa shape index (κ2) is 4.67. The molecule has 3 nitrogen and oxygen atoms in total. The smallest absolute Gasteiger partial charge is 0.303 e. The van der Waals surface area contributed by atoms with Gasteiger partial charge in [-0.05, 0) is 32.9 Å². The van der Waals surface area contributed by atoms with Gasteiger partial charge in [0, 0.05) is 6.92 Å². The van der Waals surface area contributed by atoms with Gasteiger partial charge in [-0.1, -0.05) is 0 Å². The number of nitrogens with one attached hydrogen (secondary N) is 1. The van der Waals surface area contributed by atoms with Crippen LogP contribution in [0.15, 0.2) is 0 Å². The Morgan fingerprint density at radius 2 is 1.92 bits per heavy atom. The zero-order valence-electron chi connectivity index (χ0n) is 7.55. The second-order valence-electron chi connectivity index (χ2n) is 3.29. The molecule has 1 heterocycles. The summed E-state index contributed by atoms with van der Waals surface area (Å²) in [6.45, 7) is 5.36. The van der Waals surface area contributed by atoms with Crippen molar-refractivity contribution in [1.82, 2.24) is 5.32 Å². The van der Waals surface area contributed by atoms with Gasteiger partial charge in [0.2, 0.25) is 0 Å². The topological polar surface area (TPSA) is 38.3 Å². The fraction of sp³-hybridized carbons (Fsp3) is 0.875. The molecule has 1 rings (SSSR count). The Morgan fingerprint density at radius 1 is 1.42 bits per heavy atom. The van der Waals surface area contributed by atoms with Crippen LogP contribution in [0.3, 0.4) is 0 Å². The van der Waals surface area contributed by atoms with Crippen LogP contribution in [0.25, 0.3) is 0 Å². The van der Waals surface area contributed by atoms with Crippen LogP contribution in [0.2, 0.25) is 0 Å². The average Bonchev–Trinajstić information content (AvgIpc) is 1.85. The molecular weight excluding hydrogens is 178 g/mol. The molecule has 1 fully saturated rings. The third-order valence-electron chi connectivity index (χ3n) is 2.05. The van der Waals surface area contributed by atoms with Gasteiger partial charge in [0.25, 0.3) is 0 Å². The highest BCUT2D eigenvalue weighted by Crippen LogP contribution is 2.21. The van der Waals surface area contributed by atoms with Crippen molar-refractivity contribution in [2.24, 2.45) is 0 Å². The molecule has 4 heteroatoms. The molecule has 0 aromatic carbocycles. The number of hydrogen-bond acceptors (Lipinski definition) is 3. The highest BCUT2D eigenvalue weighted by molar-refractivity contribution is 5.85. The number of carbonyl (C=O) groups excluding carboxylic acids is 1. The first-order valence-electron chi connectivity index (χ1n) is 4.03. The van der Waals surface area contributed by atoms with E-state index in [9.17, 15) is 4.79 Å². The summed E-state index contributed by atoms with van der Waals surface area (Å²) >= 11 is 0. The van der Waals surface area contributed by atoms with E-state index in [0.717, 1.165) is 25.9 Å². The zero-order chi connectivity index (χ0) is 8.32. The minimum absolute atomic E-state index is 0. The summed E-state index contributed by atoms with van der Waals surface area (Å²) in [5.74, 6) is -0.172. The zero-order valence-corrected chi connectivity index (χ0v) is 8.37. The van der Waals surface area contributed by atoms with Gasteiger partial charge in [0.05, 0.1) is 0 Å². The number of halogens is 1. The quantitative estimate of drug-likeness (QED) is 0.635. The van der Waals surface area contributed by atoms with Crippen LogP contribution in [0, 0.1) is 0 Å². The van der Waals surface area contributed by atoms with Crippen molar-refractivity contribution in [3.63, 3.8) is 0 Å². The lowest BCUT2D eigenvalue weighted by molar-refractivity contribution is -0.157. The van der Waals surface area contributed by atoms with Crippen LogP contribution in [0.5, 0.6) is 0 Å². The molecule has 0 saturated carbocycles. The summed E-state index contributed by atoms with van der Waals surface area (Å²) < 4.78 is 5.20. The number of hydrogen-bond donors (Lipinski definition) is 1. The summed E-state index contributed by atoms with van der Waals surface area (Å²) in [6, 6.07) is 0. The van der Waals surface area contributed by atoms with Crippen molar-refractivity contribution in [2.45, 2.75) is 32.3 Å². The van der Waals surface area contributed by atoms with E-state index in [0.29, 0.717) is 0 Å². The SMILES string of the molecule is CC(=O)OC1(C)CCNCC1.Cl. The molecule has 72 valence electrons. The van der Waals surface area contributed by atoms with Crippen molar-refractivity contribution in [3.8, 4) is 0 Å². The Kier molecular flexibility index (Phi) is 4.57. The highest BCUT2D eigenvalue weighted by Gasteiger charge is 2.29. The third-order valence-corrected chi connectivity index (χ3v) is 2.05. The lowest BCUT2D eigenvalue weighted by Crippen LogP contribution is -2.42. The Hall–Kier alpha value is -0.280. The molecule has 1 saturated heterocycles. The van der Waals surface area contributed by atoms with Gasteiger partial charge in [-0.15, -0.1) is 12.4 Å². The summed E-state index contributed by atoms with van der Waals surface area (Å²) in [4.78, 5) is 10.7. The average molecular weight is 194 g/mol. The first kappa shape index (κ1) is 11.7. The van der Waals surface area contributed by atoms with Crippen molar-refractivity contribution < 1.29 is 9.53 Å². The molecular formula is C8H16ClNO2. The number of rotatable bonds is 1. The van der Waals surface area contributed by atoms with Crippen molar-refractivity contribution >= 4 is 18.4 Å². The molecule has 0 amide bonds. The van der Waals surface area contributed by atoms with Gasteiger partial charge in [0.1, 0.15) is 5.60 Å². The molecule has 1 aliphatic rings. The summed E-state index contributed by atoms with van der Waals surface area (Å²) in [5, 5.41) is 3.22. The van der Waals surface area contributed by atoms with Crippen LogP contribution in [-0.4, -0.2) is 24.7 Å². The van der Waals surface area contributed by atoms with Crippen LogP contribution < -0.4 is 5.32 Å². The molecule has 0 aromatic rings. The Balaban J connectivity index is 0.00000121. The monoisotopic (exact) mass is 193 g/mol. The maximum atomic E-state index is 10.7. The van der Waals surface area contributed by atoms with Gasteiger partial charge in [0.15, 0.2) is 0 Å². The van der Waals surface area contributed by atoms with E-state index < -0.39 is 0 Å². The molecule has 0 radical (unpaired) electrons. The molecule has 0 bridgehead atoms. The lowest BCUT2D eigenvalue weighted by Gasteiger charge is -2.33. The Bertz CT molecular complexity index is 155. The fourth-order valence-corrected chi connectivity index (χ4v) is 1.40. The van der Waals surface area contributed by atoms with E-state index in [1.807, 2.05) is 6.92 Å². The predicted molar refractivity (Wildman–Crippen MR) is 49.5 cm³/mol. The molecule has 1 N–H and O–H groups in total. The number of ether oxygens (including phenoxy) is 1. The molecule has 0 aliphatic carbocycles. The van der Waals surface area contributed by atoms with Gasteiger partial charge < -0.3 is 10.1 Å². The first-order chi connectivity index (χ1) is 5.12. The van der Waals surface area contributed by atoms with E-state index >= 15 is 0 Å². The van der Waals surface area contributed by atoms with E-state index in [2.05, 4.69) is 5.32 Å². The van der Waals surface area contributed by atoms with E-state index in [4.69, 9.17) is 4.74 Å². The molecule has 0 aromatic heterocycles. The fourth-order valence-electron chi connectivity index (χ4n) is 1.40. The van der Waals surface area contributed by atoms with Crippen molar-refractivity contribution in [3.05, 3.63) is 0 Å². The minimum atomic E-state index is -0.211. The van der Waals surface area contributed by atoms with E-state index in [1.165, 1.54) is 6.92 Å². The molecule has 12 heavy (non-hydrogen) atoms. The van der Waals surface area contributed by atoms with Crippen LogP contribution in [-0.2, 0) is 9.53 Å². The molecule has 0 unspecified atom stereocenters. The van der Waals surface area contributed by atoms with E-state index in [-0.39, 0.29) is 24.0 Å². The predicted octanol–water partition coefficient (Wildman–Crippen LogP) is 1.11. The Morgan fingerprint density at radius 3 is 2.33 bits per heavy atom. The summed E-state index contributed by atoms with van der Waals surface area (Å²) in [5.41, 5.74) is -0.211. The van der Waals surface area contributed by atoms with Crippen LogP contribution >= 0.6 is 12.4 Å². The standard InChI is InChI=1S/C8H15NO2.ClH/c1-7(10)11-8(2)3-5-9-6-4-8;/h9H,3-6H2,1-2H3;1H. The number of carbonyl (C=O) groups is 1. The van der Waals surface area contributed by atoms with Crippen molar-refractivity contribution in [1.29, 1.82) is 0 Å². The van der Waals surface area contributed by atoms with Crippen LogP contribution in [0.4, 0.5) is 0 Å². The maximum absolute atomic E-state index is 10.7. The maximum Gasteiger partial charge on any atom is 0.303 e. The molecule has 1 aliphatic heterocycles. The normalized spacial score (nSPS) is 20.8. The second-order valence-corrected chi connectivity index (χ2v) is 3.29. The number of esters is 1. The summed E-state index contributed by atoms with van der Waals surface area (Å²) in [6.07, 6.45) is 1.85. The summed E-state index contributed by atoms with van der Waals surface area (Å²) in [7, 11) is 0. The van der Waals surface area contributed by atoms with E-state index in [1.54, 1.807) is 0 Å². The van der Waals surface area contributed by atoms with Gasteiger partial charge in [-0.2, -0.15) is 0 Å². The highest BCUT2D eigenvalue weighted by atomic mass is 35.5. The van der Waals surface area contributed by atoms with Gasteiger partial charge in [-0.3, -0.25) is 4.79 Å². The van der Waals surface area contributed by atoms with Gasteiger partial charge in [-0.25, -0.2) is 0 Å². The largest absolute Gasteiger partial charge is 0.459 e. The molecule has 0 atom stereocenters. The van der Waals surface area contributed by atoms with Crippen LogP contribution in [0.1, 0.15) is 26.7 Å². The van der Waals surface area contributed by atoms with Crippen molar-refractivity contribution in [2.75, 3.05) is 13.1 Å². The first-order valence-corrected chi connectivity index (χ1v) is 4.03. The minimum Gasteiger partial charge on any atom is -0.459 e. The Labute approximate surface area is 79.3 Å².